The zero-order valence-electron chi connectivity index (χ0n) is 18.4. The van der Waals surface area contributed by atoms with E-state index in [-0.39, 0.29) is 42.4 Å². The molecule has 3 aromatic rings. The summed E-state index contributed by atoms with van der Waals surface area (Å²) in [5.41, 5.74) is 1.57. The van der Waals surface area contributed by atoms with Crippen LogP contribution >= 0.6 is 0 Å². The highest BCUT2D eigenvalue weighted by Gasteiger charge is 2.42. The Morgan fingerprint density at radius 1 is 1.06 bits per heavy atom. The van der Waals surface area contributed by atoms with E-state index in [1.165, 1.54) is 18.4 Å². The van der Waals surface area contributed by atoms with E-state index in [0.717, 1.165) is 11.1 Å². The lowest BCUT2D eigenvalue weighted by Gasteiger charge is -2.21. The van der Waals surface area contributed by atoms with E-state index < -0.39 is 5.92 Å². The molecule has 4 rings (SSSR count). The van der Waals surface area contributed by atoms with Crippen LogP contribution < -0.4 is 14.8 Å². The van der Waals surface area contributed by atoms with Gasteiger partial charge in [-0.15, -0.1) is 0 Å². The van der Waals surface area contributed by atoms with Crippen molar-refractivity contribution in [2.24, 2.45) is 5.92 Å². The topological polar surface area (TPSA) is 81.0 Å². The Kier molecular flexibility index (Phi) is 6.63. The third-order valence-corrected chi connectivity index (χ3v) is 5.89. The molecule has 1 aliphatic heterocycles. The van der Waals surface area contributed by atoms with Gasteiger partial charge in [0.15, 0.2) is 17.3 Å². The highest BCUT2D eigenvalue weighted by Crippen LogP contribution is 2.42. The number of benzene rings is 2. The summed E-state index contributed by atoms with van der Waals surface area (Å²) in [5.74, 6) is -0.348. The zero-order valence-corrected chi connectivity index (χ0v) is 18.4. The van der Waals surface area contributed by atoms with Crippen molar-refractivity contribution in [2.45, 2.75) is 12.5 Å². The Morgan fingerprint density at radius 2 is 1.85 bits per heavy atom. The maximum absolute atomic E-state index is 13.3. The van der Waals surface area contributed by atoms with Crippen LogP contribution in [0.5, 0.6) is 11.5 Å². The van der Waals surface area contributed by atoms with Crippen LogP contribution in [0.2, 0.25) is 0 Å². The first kappa shape index (κ1) is 22.4. The number of likely N-dealkylation sites (tertiary alicyclic amines) is 1. The Hall–Kier alpha value is -3.81. The van der Waals surface area contributed by atoms with Crippen molar-refractivity contribution in [2.75, 3.05) is 27.3 Å². The minimum Gasteiger partial charge on any atom is -0.493 e. The van der Waals surface area contributed by atoms with Crippen LogP contribution in [0.3, 0.4) is 0 Å². The van der Waals surface area contributed by atoms with Gasteiger partial charge in [0.1, 0.15) is 5.82 Å². The van der Waals surface area contributed by atoms with Crippen molar-refractivity contribution in [1.29, 1.82) is 0 Å². The molecule has 2 amide bonds. The van der Waals surface area contributed by atoms with Crippen LogP contribution in [0.25, 0.3) is 0 Å². The van der Waals surface area contributed by atoms with Crippen molar-refractivity contribution in [1.82, 2.24) is 10.2 Å². The standard InChI is InChI=1S/C25H25FN2O5/c1-31-21-6-3-5-18(23(21)32-2)19-14-28(25(30)22-7-4-12-33-22)15-20(19)24(29)27-13-16-8-10-17(26)11-9-16/h3-12,19-20H,13-15H2,1-2H3,(H,27,29)/t19-,20-/m1/s1. The molecule has 2 atom stereocenters. The van der Waals surface area contributed by atoms with Crippen LogP contribution in [0, 0.1) is 11.7 Å². The lowest BCUT2D eigenvalue weighted by atomic mass is 9.87. The van der Waals surface area contributed by atoms with Gasteiger partial charge in [-0.2, -0.15) is 0 Å². The Bertz CT molecular complexity index is 1110. The monoisotopic (exact) mass is 452 g/mol. The second kappa shape index (κ2) is 9.77. The molecule has 2 heterocycles. The van der Waals surface area contributed by atoms with Crippen LogP contribution in [0.15, 0.2) is 65.3 Å². The van der Waals surface area contributed by atoms with E-state index in [1.807, 2.05) is 12.1 Å². The van der Waals surface area contributed by atoms with Gasteiger partial charge < -0.3 is 24.1 Å². The number of amides is 2. The molecule has 0 radical (unpaired) electrons. The molecule has 2 aromatic carbocycles. The van der Waals surface area contributed by atoms with Gasteiger partial charge in [0, 0.05) is 31.1 Å². The lowest BCUT2D eigenvalue weighted by Crippen LogP contribution is -2.35. The maximum Gasteiger partial charge on any atom is 0.289 e. The molecule has 0 aliphatic carbocycles. The van der Waals surface area contributed by atoms with Gasteiger partial charge in [-0.3, -0.25) is 9.59 Å². The number of carbonyl (C=O) groups is 2. The van der Waals surface area contributed by atoms with Crippen molar-refractivity contribution >= 4 is 11.8 Å². The number of carbonyl (C=O) groups excluding carboxylic acids is 2. The number of ether oxygens (including phenoxy) is 2. The van der Waals surface area contributed by atoms with Gasteiger partial charge in [0.2, 0.25) is 5.91 Å². The number of hydrogen-bond acceptors (Lipinski definition) is 5. The van der Waals surface area contributed by atoms with E-state index in [4.69, 9.17) is 13.9 Å². The van der Waals surface area contributed by atoms with Gasteiger partial charge in [-0.05, 0) is 35.9 Å². The molecule has 1 aromatic heterocycles. The summed E-state index contributed by atoms with van der Waals surface area (Å²) in [6, 6.07) is 14.7. The molecule has 0 spiro atoms. The molecule has 1 fully saturated rings. The maximum atomic E-state index is 13.3. The number of para-hydroxylation sites is 1. The fourth-order valence-corrected chi connectivity index (χ4v) is 4.23. The summed E-state index contributed by atoms with van der Waals surface area (Å²) in [7, 11) is 3.10. The third-order valence-electron chi connectivity index (χ3n) is 5.89. The predicted molar refractivity (Wildman–Crippen MR) is 119 cm³/mol. The normalized spacial score (nSPS) is 17.6. The molecule has 33 heavy (non-hydrogen) atoms. The Morgan fingerprint density at radius 3 is 2.52 bits per heavy atom. The van der Waals surface area contributed by atoms with Crippen LogP contribution in [-0.4, -0.2) is 44.0 Å². The van der Waals surface area contributed by atoms with Crippen molar-refractivity contribution < 1.29 is 27.9 Å². The van der Waals surface area contributed by atoms with E-state index in [9.17, 15) is 14.0 Å². The molecule has 1 saturated heterocycles. The molecule has 0 bridgehead atoms. The molecule has 172 valence electrons. The minimum absolute atomic E-state index is 0.205. The molecule has 1 N–H and O–H groups in total. The fraction of sp³-hybridized carbons (Fsp3) is 0.280. The quantitative estimate of drug-likeness (QED) is 0.592. The summed E-state index contributed by atoms with van der Waals surface area (Å²) in [4.78, 5) is 27.8. The van der Waals surface area contributed by atoms with E-state index in [0.29, 0.717) is 18.0 Å². The van der Waals surface area contributed by atoms with Crippen molar-refractivity contribution in [3.8, 4) is 11.5 Å². The second-order valence-corrected chi connectivity index (χ2v) is 7.83. The summed E-state index contributed by atoms with van der Waals surface area (Å²) in [6.45, 7) is 0.793. The zero-order chi connectivity index (χ0) is 23.4. The molecule has 0 saturated carbocycles. The second-order valence-electron chi connectivity index (χ2n) is 7.83. The number of rotatable bonds is 7. The first-order chi connectivity index (χ1) is 16.0. The van der Waals surface area contributed by atoms with Crippen molar-refractivity contribution in [3.63, 3.8) is 0 Å². The molecular formula is C25H25FN2O5. The summed E-state index contributed by atoms with van der Waals surface area (Å²) in [5, 5.41) is 2.93. The SMILES string of the molecule is COc1cccc([C@H]2CN(C(=O)c3ccco3)C[C@H]2C(=O)NCc2ccc(F)cc2)c1OC. The number of methoxy groups -OCH3 is 2. The van der Waals surface area contributed by atoms with Gasteiger partial charge in [-0.1, -0.05) is 24.3 Å². The Labute approximate surface area is 191 Å². The molecule has 7 nitrogen and oxygen atoms in total. The number of furan rings is 1. The molecule has 1 aliphatic rings. The summed E-state index contributed by atoms with van der Waals surface area (Å²) < 4.78 is 29.5. The van der Waals surface area contributed by atoms with E-state index in [1.54, 1.807) is 49.5 Å². The van der Waals surface area contributed by atoms with Crippen LogP contribution in [0.4, 0.5) is 4.39 Å². The third kappa shape index (κ3) is 4.69. The fourth-order valence-electron chi connectivity index (χ4n) is 4.23. The molecular weight excluding hydrogens is 427 g/mol. The average molecular weight is 452 g/mol. The number of halogens is 1. The number of hydrogen-bond donors (Lipinski definition) is 1. The molecule has 0 unspecified atom stereocenters. The molecule has 8 heteroatoms. The van der Waals surface area contributed by atoms with Crippen molar-refractivity contribution in [3.05, 3.63) is 83.6 Å². The Balaban J connectivity index is 1.60. The highest BCUT2D eigenvalue weighted by atomic mass is 19.1. The van der Waals surface area contributed by atoms with Gasteiger partial charge in [0.05, 0.1) is 26.4 Å². The largest absolute Gasteiger partial charge is 0.493 e. The lowest BCUT2D eigenvalue weighted by molar-refractivity contribution is -0.125. The minimum atomic E-state index is -0.523. The highest BCUT2D eigenvalue weighted by molar-refractivity contribution is 5.93. The summed E-state index contributed by atoms with van der Waals surface area (Å²) in [6.07, 6.45) is 1.44. The van der Waals surface area contributed by atoms with E-state index >= 15 is 0 Å². The van der Waals surface area contributed by atoms with Crippen LogP contribution in [-0.2, 0) is 11.3 Å². The predicted octanol–water partition coefficient (Wildman–Crippen LogP) is 3.61. The van der Waals surface area contributed by atoms with Crippen LogP contribution in [0.1, 0.15) is 27.6 Å². The smallest absolute Gasteiger partial charge is 0.289 e. The number of nitrogens with zero attached hydrogens (tertiary/aromatic N) is 1. The first-order valence-electron chi connectivity index (χ1n) is 10.6. The van der Waals surface area contributed by atoms with E-state index in [2.05, 4.69) is 5.32 Å². The number of nitrogens with one attached hydrogen (secondary N) is 1. The average Bonchev–Trinajstić information content (AvgIpc) is 3.53. The van der Waals surface area contributed by atoms with Gasteiger partial charge >= 0.3 is 0 Å². The first-order valence-corrected chi connectivity index (χ1v) is 10.6. The van der Waals surface area contributed by atoms with Gasteiger partial charge in [0.25, 0.3) is 5.91 Å². The summed E-state index contributed by atoms with van der Waals surface area (Å²) >= 11 is 0. The van der Waals surface area contributed by atoms with Gasteiger partial charge in [-0.25, -0.2) is 4.39 Å².